The van der Waals surface area contributed by atoms with Crippen LogP contribution in [0.25, 0.3) is 0 Å². The molecular formula is C20H19FN2O5S. The zero-order valence-corrected chi connectivity index (χ0v) is 16.3. The standard InChI is InChI=1S/C20H19FN2O5S/c1-27-19(25)15(22)9-12-4-7-16(14(21)8-12)28-13-5-2-11(3-6-13)10-17-18(24)23-20(26)29-17/h2-8,15,24H,9-10,22H2,1H3,(H,23,26). The number of hydrogen-bond donors (Lipinski definition) is 3. The van der Waals surface area contributed by atoms with Gasteiger partial charge in [0.25, 0.3) is 0 Å². The molecule has 0 radical (unpaired) electrons. The van der Waals surface area contributed by atoms with E-state index >= 15 is 0 Å². The predicted molar refractivity (Wildman–Crippen MR) is 106 cm³/mol. The third-order valence-corrected chi connectivity index (χ3v) is 5.04. The van der Waals surface area contributed by atoms with Gasteiger partial charge in [0.1, 0.15) is 11.8 Å². The molecule has 9 heteroatoms. The molecule has 152 valence electrons. The minimum atomic E-state index is -0.864. The Hall–Kier alpha value is -3.17. The molecule has 4 N–H and O–H groups in total. The molecule has 29 heavy (non-hydrogen) atoms. The van der Waals surface area contributed by atoms with Crippen molar-refractivity contribution < 1.29 is 23.8 Å². The molecule has 3 rings (SSSR count). The van der Waals surface area contributed by atoms with Crippen LogP contribution in [0.3, 0.4) is 0 Å². The number of benzene rings is 2. The number of nitrogens with one attached hydrogen (secondary N) is 1. The van der Waals surface area contributed by atoms with Gasteiger partial charge in [-0.05, 0) is 41.8 Å². The van der Waals surface area contributed by atoms with Gasteiger partial charge >= 0.3 is 10.8 Å². The van der Waals surface area contributed by atoms with Gasteiger partial charge in [-0.15, -0.1) is 0 Å². The second-order valence-electron chi connectivity index (χ2n) is 6.31. The summed E-state index contributed by atoms with van der Waals surface area (Å²) < 4.78 is 24.5. The van der Waals surface area contributed by atoms with Crippen LogP contribution in [-0.4, -0.2) is 29.2 Å². The fourth-order valence-corrected chi connectivity index (χ4v) is 3.46. The van der Waals surface area contributed by atoms with Crippen molar-refractivity contribution in [3.05, 3.63) is 74.0 Å². The first-order valence-corrected chi connectivity index (χ1v) is 9.47. The van der Waals surface area contributed by atoms with Crippen molar-refractivity contribution in [2.45, 2.75) is 18.9 Å². The normalized spacial score (nSPS) is 11.8. The number of ether oxygens (including phenoxy) is 2. The summed E-state index contributed by atoms with van der Waals surface area (Å²) in [5.41, 5.74) is 7.10. The number of hydrogen-bond acceptors (Lipinski definition) is 7. The van der Waals surface area contributed by atoms with E-state index in [2.05, 4.69) is 9.72 Å². The Morgan fingerprint density at radius 3 is 2.52 bits per heavy atom. The van der Waals surface area contributed by atoms with Crippen molar-refractivity contribution >= 4 is 17.3 Å². The SMILES string of the molecule is COC(=O)C(N)Cc1ccc(Oc2ccc(Cc3sc(=O)[nH]c3O)cc2)c(F)c1. The highest BCUT2D eigenvalue weighted by Crippen LogP contribution is 2.27. The first kappa shape index (κ1) is 20.6. The van der Waals surface area contributed by atoms with Crippen molar-refractivity contribution in [2.24, 2.45) is 5.73 Å². The maximum absolute atomic E-state index is 14.3. The quantitative estimate of drug-likeness (QED) is 0.508. The van der Waals surface area contributed by atoms with E-state index in [1.807, 2.05) is 0 Å². The molecule has 1 atom stereocenters. The number of carbonyl (C=O) groups is 1. The van der Waals surface area contributed by atoms with Gasteiger partial charge in [0, 0.05) is 6.42 Å². The lowest BCUT2D eigenvalue weighted by atomic mass is 10.1. The smallest absolute Gasteiger partial charge is 0.322 e. The molecule has 0 spiro atoms. The van der Waals surface area contributed by atoms with E-state index in [0.29, 0.717) is 22.6 Å². The predicted octanol–water partition coefficient (Wildman–Crippen LogP) is 2.71. The summed E-state index contributed by atoms with van der Waals surface area (Å²) in [4.78, 5) is 25.2. The van der Waals surface area contributed by atoms with E-state index in [1.165, 1.54) is 19.2 Å². The average molecular weight is 418 g/mol. The summed E-state index contributed by atoms with van der Waals surface area (Å²) in [6.07, 6.45) is 0.537. The Morgan fingerprint density at radius 2 is 1.93 bits per heavy atom. The van der Waals surface area contributed by atoms with Crippen LogP contribution in [0, 0.1) is 5.82 Å². The summed E-state index contributed by atoms with van der Waals surface area (Å²) in [6, 6.07) is 10.4. The number of aromatic hydroxyl groups is 1. The Kier molecular flexibility index (Phi) is 6.30. The lowest BCUT2D eigenvalue weighted by molar-refractivity contribution is -0.142. The summed E-state index contributed by atoms with van der Waals surface area (Å²) in [6.45, 7) is 0. The molecule has 0 saturated carbocycles. The van der Waals surface area contributed by atoms with Gasteiger partial charge in [-0.1, -0.05) is 29.5 Å². The van der Waals surface area contributed by atoms with Crippen molar-refractivity contribution in [1.82, 2.24) is 4.98 Å². The number of aromatic nitrogens is 1. The van der Waals surface area contributed by atoms with Crippen LogP contribution >= 0.6 is 11.3 Å². The number of rotatable bonds is 7. The fourth-order valence-electron chi connectivity index (χ4n) is 2.70. The molecule has 0 aliphatic rings. The van der Waals surface area contributed by atoms with Gasteiger partial charge < -0.3 is 20.3 Å². The van der Waals surface area contributed by atoms with E-state index in [4.69, 9.17) is 10.5 Å². The highest BCUT2D eigenvalue weighted by atomic mass is 32.1. The number of carbonyl (C=O) groups excluding carboxylic acids is 1. The minimum Gasteiger partial charge on any atom is -0.494 e. The van der Waals surface area contributed by atoms with Crippen molar-refractivity contribution in [3.8, 4) is 17.4 Å². The first-order chi connectivity index (χ1) is 13.9. The molecule has 7 nitrogen and oxygen atoms in total. The van der Waals surface area contributed by atoms with E-state index in [1.54, 1.807) is 30.3 Å². The third-order valence-electron chi connectivity index (χ3n) is 4.17. The van der Waals surface area contributed by atoms with Gasteiger partial charge in [-0.2, -0.15) is 0 Å². The van der Waals surface area contributed by atoms with Gasteiger partial charge in [0.15, 0.2) is 11.6 Å². The third kappa shape index (κ3) is 5.21. The zero-order chi connectivity index (χ0) is 21.0. The molecule has 1 aromatic heterocycles. The summed E-state index contributed by atoms with van der Waals surface area (Å²) in [7, 11) is 1.24. The van der Waals surface area contributed by atoms with Crippen LogP contribution < -0.4 is 15.3 Å². The Balaban J connectivity index is 1.66. The zero-order valence-electron chi connectivity index (χ0n) is 15.5. The highest BCUT2D eigenvalue weighted by Gasteiger charge is 2.16. The molecule has 1 unspecified atom stereocenters. The second kappa shape index (κ2) is 8.89. The van der Waals surface area contributed by atoms with Crippen molar-refractivity contribution in [3.63, 3.8) is 0 Å². The lowest BCUT2D eigenvalue weighted by Gasteiger charge is -2.11. The summed E-state index contributed by atoms with van der Waals surface area (Å²) in [5, 5.41) is 9.65. The highest BCUT2D eigenvalue weighted by molar-refractivity contribution is 7.09. The Bertz CT molecular complexity index is 1060. The number of aromatic amines is 1. The van der Waals surface area contributed by atoms with Crippen LogP contribution in [0.5, 0.6) is 17.4 Å². The number of H-pyrrole nitrogens is 1. The van der Waals surface area contributed by atoms with Crippen LogP contribution in [0.2, 0.25) is 0 Å². The molecule has 1 heterocycles. The number of thiazole rings is 1. The summed E-state index contributed by atoms with van der Waals surface area (Å²) >= 11 is 0.947. The Labute approximate surface area is 169 Å². The van der Waals surface area contributed by atoms with Crippen LogP contribution in [0.1, 0.15) is 16.0 Å². The molecule has 2 aromatic carbocycles. The van der Waals surface area contributed by atoms with E-state index < -0.39 is 17.8 Å². The molecule has 0 aliphatic heterocycles. The molecule has 0 saturated heterocycles. The molecule has 0 fully saturated rings. The van der Waals surface area contributed by atoms with Gasteiger partial charge in [-0.25, -0.2) is 4.39 Å². The maximum Gasteiger partial charge on any atom is 0.322 e. The summed E-state index contributed by atoms with van der Waals surface area (Å²) in [5.74, 6) is -0.807. The van der Waals surface area contributed by atoms with Gasteiger partial charge in [-0.3, -0.25) is 14.6 Å². The second-order valence-corrected chi connectivity index (χ2v) is 7.38. The largest absolute Gasteiger partial charge is 0.494 e. The van der Waals surface area contributed by atoms with Crippen LogP contribution in [-0.2, 0) is 22.4 Å². The lowest BCUT2D eigenvalue weighted by Crippen LogP contribution is -2.33. The molecule has 3 aromatic rings. The van der Waals surface area contributed by atoms with Crippen LogP contribution in [0.15, 0.2) is 47.3 Å². The molecule has 0 amide bonds. The maximum atomic E-state index is 14.3. The average Bonchev–Trinajstić information content (AvgIpc) is 3.01. The number of nitrogens with two attached hydrogens (primary N) is 1. The van der Waals surface area contributed by atoms with E-state index in [-0.39, 0.29) is 22.9 Å². The first-order valence-electron chi connectivity index (χ1n) is 8.65. The van der Waals surface area contributed by atoms with Crippen molar-refractivity contribution in [1.29, 1.82) is 0 Å². The van der Waals surface area contributed by atoms with E-state index in [9.17, 15) is 19.1 Å². The monoisotopic (exact) mass is 418 g/mol. The van der Waals surface area contributed by atoms with Gasteiger partial charge in [0.2, 0.25) is 5.88 Å². The van der Waals surface area contributed by atoms with Gasteiger partial charge in [0.05, 0.1) is 12.0 Å². The molecular weight excluding hydrogens is 399 g/mol. The van der Waals surface area contributed by atoms with E-state index in [0.717, 1.165) is 16.9 Å². The van der Waals surface area contributed by atoms with Crippen molar-refractivity contribution in [2.75, 3.05) is 7.11 Å². The topological polar surface area (TPSA) is 115 Å². The molecule has 0 aliphatic carbocycles. The Morgan fingerprint density at radius 1 is 1.24 bits per heavy atom. The fraction of sp³-hybridized carbons (Fsp3) is 0.200. The number of methoxy groups -OCH3 is 1. The number of halogens is 1. The molecule has 0 bridgehead atoms. The van der Waals surface area contributed by atoms with Crippen LogP contribution in [0.4, 0.5) is 4.39 Å². The number of esters is 1. The minimum absolute atomic E-state index is 0.0367.